The molecule has 1 fully saturated rings. The molecule has 0 unspecified atom stereocenters. The smallest absolute Gasteiger partial charge is 0.257 e. The van der Waals surface area contributed by atoms with E-state index in [9.17, 15) is 9.18 Å². The zero-order chi connectivity index (χ0) is 17.2. The molecule has 0 spiro atoms. The number of nitrogens with zero attached hydrogens (tertiary/aromatic N) is 2. The van der Waals surface area contributed by atoms with Gasteiger partial charge < -0.3 is 9.64 Å². The topological polar surface area (TPSA) is 54.5 Å². The number of nitrogens with one attached hydrogen (secondary N) is 1. The summed E-state index contributed by atoms with van der Waals surface area (Å²) < 4.78 is 19.4. The third kappa shape index (κ3) is 3.33. The second-order valence-corrected chi connectivity index (χ2v) is 6.73. The Morgan fingerprint density at radius 2 is 1.92 bits per heavy atom. The minimum Gasteiger partial charge on any atom is -0.378 e. The molecule has 1 aliphatic rings. The zero-order valence-corrected chi connectivity index (χ0v) is 14.2. The molecule has 2 aromatic carbocycles. The number of hydrogen-bond donors (Lipinski definition) is 1. The Bertz CT molecular complexity index is 904. The van der Waals surface area contributed by atoms with E-state index in [0.29, 0.717) is 23.9 Å². The van der Waals surface area contributed by atoms with E-state index in [4.69, 9.17) is 4.74 Å². The van der Waals surface area contributed by atoms with Gasteiger partial charge in [-0.1, -0.05) is 17.4 Å². The van der Waals surface area contributed by atoms with Gasteiger partial charge >= 0.3 is 0 Å². The van der Waals surface area contributed by atoms with Gasteiger partial charge in [-0.3, -0.25) is 10.1 Å². The molecule has 1 N–H and O–H groups in total. The lowest BCUT2D eigenvalue weighted by atomic mass is 10.2. The first kappa shape index (κ1) is 16.0. The summed E-state index contributed by atoms with van der Waals surface area (Å²) in [4.78, 5) is 19.1. The largest absolute Gasteiger partial charge is 0.378 e. The van der Waals surface area contributed by atoms with E-state index >= 15 is 0 Å². The lowest BCUT2D eigenvalue weighted by Gasteiger charge is -2.28. The van der Waals surface area contributed by atoms with Gasteiger partial charge in [0, 0.05) is 18.7 Å². The summed E-state index contributed by atoms with van der Waals surface area (Å²) >= 11 is 1.43. The number of thiazole rings is 1. The van der Waals surface area contributed by atoms with Crippen LogP contribution in [-0.2, 0) is 4.74 Å². The number of rotatable bonds is 3. The number of amides is 1. The Morgan fingerprint density at radius 1 is 1.16 bits per heavy atom. The standard InChI is InChI=1S/C18H16FN3O2S/c19-13-6-4-12(5-7-13)17(23)21-18-20-16-14(2-1-3-15(16)25-18)22-8-10-24-11-9-22/h1-7H,8-11H2,(H,20,21,23). The summed E-state index contributed by atoms with van der Waals surface area (Å²) in [6, 6.07) is 11.5. The second-order valence-electron chi connectivity index (χ2n) is 5.70. The van der Waals surface area contributed by atoms with Crippen LogP contribution in [0.3, 0.4) is 0 Å². The van der Waals surface area contributed by atoms with Crippen LogP contribution in [0.1, 0.15) is 10.4 Å². The van der Waals surface area contributed by atoms with Crippen molar-refractivity contribution in [2.24, 2.45) is 0 Å². The lowest BCUT2D eigenvalue weighted by Crippen LogP contribution is -2.36. The molecule has 0 bridgehead atoms. The monoisotopic (exact) mass is 357 g/mol. The first-order valence-electron chi connectivity index (χ1n) is 8.00. The molecule has 5 nitrogen and oxygen atoms in total. The van der Waals surface area contributed by atoms with Crippen molar-refractivity contribution in [3.8, 4) is 0 Å². The zero-order valence-electron chi connectivity index (χ0n) is 13.4. The predicted octanol–water partition coefficient (Wildman–Crippen LogP) is 3.52. The molecule has 3 aromatic rings. The van der Waals surface area contributed by atoms with Gasteiger partial charge in [0.25, 0.3) is 5.91 Å². The molecule has 128 valence electrons. The Kier molecular flexibility index (Phi) is 4.33. The van der Waals surface area contributed by atoms with E-state index in [2.05, 4.69) is 15.2 Å². The molecular formula is C18H16FN3O2S. The van der Waals surface area contributed by atoms with Gasteiger partial charge in [-0.15, -0.1) is 0 Å². The van der Waals surface area contributed by atoms with E-state index in [-0.39, 0.29) is 11.7 Å². The van der Waals surface area contributed by atoms with Gasteiger partial charge in [0.2, 0.25) is 0 Å². The third-order valence-electron chi connectivity index (χ3n) is 4.08. The van der Waals surface area contributed by atoms with Crippen LogP contribution in [0.2, 0.25) is 0 Å². The molecule has 1 aliphatic heterocycles. The number of anilines is 2. The van der Waals surface area contributed by atoms with Crippen molar-refractivity contribution in [3.63, 3.8) is 0 Å². The fraction of sp³-hybridized carbons (Fsp3) is 0.222. The Morgan fingerprint density at radius 3 is 2.68 bits per heavy atom. The Hall–Kier alpha value is -2.51. The van der Waals surface area contributed by atoms with Gasteiger partial charge in [-0.2, -0.15) is 0 Å². The van der Waals surface area contributed by atoms with E-state index in [1.54, 1.807) is 0 Å². The maximum Gasteiger partial charge on any atom is 0.257 e. The second kappa shape index (κ2) is 6.78. The number of fused-ring (bicyclic) bond motifs is 1. The molecule has 1 amide bonds. The number of aromatic nitrogens is 1. The van der Waals surface area contributed by atoms with Crippen molar-refractivity contribution in [1.82, 2.24) is 4.98 Å². The lowest BCUT2D eigenvalue weighted by molar-refractivity contribution is 0.102. The van der Waals surface area contributed by atoms with Crippen LogP contribution in [0.4, 0.5) is 15.2 Å². The molecule has 0 radical (unpaired) electrons. The number of hydrogen-bond acceptors (Lipinski definition) is 5. The summed E-state index contributed by atoms with van der Waals surface area (Å²) in [6.07, 6.45) is 0. The first-order chi connectivity index (χ1) is 12.2. The van der Waals surface area contributed by atoms with Crippen LogP contribution in [-0.4, -0.2) is 37.2 Å². The van der Waals surface area contributed by atoms with Crippen molar-refractivity contribution in [3.05, 3.63) is 53.8 Å². The molecule has 1 saturated heterocycles. The van der Waals surface area contributed by atoms with Gasteiger partial charge in [0.15, 0.2) is 5.13 Å². The van der Waals surface area contributed by atoms with Crippen LogP contribution in [0.15, 0.2) is 42.5 Å². The molecule has 1 aromatic heterocycles. The average molecular weight is 357 g/mol. The van der Waals surface area contributed by atoms with Crippen molar-refractivity contribution >= 4 is 38.3 Å². The molecular weight excluding hydrogens is 341 g/mol. The van der Waals surface area contributed by atoms with Crippen LogP contribution >= 0.6 is 11.3 Å². The molecule has 0 aliphatic carbocycles. The molecule has 0 saturated carbocycles. The van der Waals surface area contributed by atoms with Gasteiger partial charge in [0.05, 0.1) is 23.6 Å². The van der Waals surface area contributed by atoms with Crippen molar-refractivity contribution < 1.29 is 13.9 Å². The molecule has 4 rings (SSSR count). The minimum atomic E-state index is -0.369. The highest BCUT2D eigenvalue weighted by atomic mass is 32.1. The molecule has 7 heteroatoms. The van der Waals surface area contributed by atoms with Crippen molar-refractivity contribution in [2.45, 2.75) is 0 Å². The third-order valence-corrected chi connectivity index (χ3v) is 5.01. The van der Waals surface area contributed by atoms with Crippen LogP contribution in [0, 0.1) is 5.82 Å². The van der Waals surface area contributed by atoms with Crippen molar-refractivity contribution in [1.29, 1.82) is 0 Å². The number of morpholine rings is 1. The summed E-state index contributed by atoms with van der Waals surface area (Å²) in [7, 11) is 0. The maximum atomic E-state index is 13.0. The number of carbonyl (C=O) groups is 1. The molecule has 0 atom stereocenters. The average Bonchev–Trinajstić information content (AvgIpc) is 3.05. The van der Waals surface area contributed by atoms with Crippen molar-refractivity contribution in [2.75, 3.05) is 36.5 Å². The summed E-state index contributed by atoms with van der Waals surface area (Å²) in [5.74, 6) is -0.668. The van der Waals surface area contributed by atoms with E-state index < -0.39 is 0 Å². The highest BCUT2D eigenvalue weighted by Crippen LogP contribution is 2.33. The highest BCUT2D eigenvalue weighted by Gasteiger charge is 2.17. The fourth-order valence-corrected chi connectivity index (χ4v) is 3.70. The number of benzene rings is 2. The predicted molar refractivity (Wildman–Crippen MR) is 97.0 cm³/mol. The van der Waals surface area contributed by atoms with Gasteiger partial charge in [0.1, 0.15) is 11.3 Å². The summed E-state index contributed by atoms with van der Waals surface area (Å²) in [5.41, 5.74) is 2.33. The van der Waals surface area contributed by atoms with E-state index in [1.165, 1.54) is 35.6 Å². The summed E-state index contributed by atoms with van der Waals surface area (Å²) in [5, 5.41) is 3.33. The number of carbonyl (C=O) groups excluding carboxylic acids is 1. The number of para-hydroxylation sites is 1. The van der Waals surface area contributed by atoms with Crippen LogP contribution < -0.4 is 10.2 Å². The maximum absolute atomic E-state index is 13.0. The van der Waals surface area contributed by atoms with E-state index in [1.807, 2.05) is 18.2 Å². The first-order valence-corrected chi connectivity index (χ1v) is 8.81. The number of halogens is 1. The molecule has 25 heavy (non-hydrogen) atoms. The number of ether oxygens (including phenoxy) is 1. The highest BCUT2D eigenvalue weighted by molar-refractivity contribution is 7.22. The van der Waals surface area contributed by atoms with Crippen LogP contribution in [0.5, 0.6) is 0 Å². The summed E-state index contributed by atoms with van der Waals surface area (Å²) in [6.45, 7) is 3.06. The SMILES string of the molecule is O=C(Nc1nc2c(N3CCOCC3)cccc2s1)c1ccc(F)cc1. The molecule has 2 heterocycles. The Labute approximate surface area is 148 Å². The Balaban J connectivity index is 1.60. The quantitative estimate of drug-likeness (QED) is 0.779. The van der Waals surface area contributed by atoms with Gasteiger partial charge in [-0.25, -0.2) is 9.37 Å². The fourth-order valence-electron chi connectivity index (χ4n) is 2.82. The normalized spacial score (nSPS) is 14.7. The van der Waals surface area contributed by atoms with E-state index in [0.717, 1.165) is 29.0 Å². The van der Waals surface area contributed by atoms with Gasteiger partial charge in [-0.05, 0) is 36.4 Å². The van der Waals surface area contributed by atoms with Crippen LogP contribution in [0.25, 0.3) is 10.2 Å². The minimum absolute atomic E-state index is 0.299.